The van der Waals surface area contributed by atoms with E-state index in [0.29, 0.717) is 11.3 Å². The lowest BCUT2D eigenvalue weighted by atomic mass is 9.96. The summed E-state index contributed by atoms with van der Waals surface area (Å²) in [6, 6.07) is 5.99. The monoisotopic (exact) mass is 230 g/mol. The molecule has 1 unspecified atom stereocenters. The minimum atomic E-state index is -0.594. The van der Waals surface area contributed by atoms with Crippen molar-refractivity contribution in [2.24, 2.45) is 4.99 Å². The summed E-state index contributed by atoms with van der Waals surface area (Å²) in [6.07, 6.45) is 2.90. The molecule has 2 rings (SSSR count). The summed E-state index contributed by atoms with van der Waals surface area (Å²) < 4.78 is 13.4. The van der Waals surface area contributed by atoms with Crippen molar-refractivity contribution in [3.8, 4) is 6.07 Å². The summed E-state index contributed by atoms with van der Waals surface area (Å²) in [5.74, 6) is -1.01. The van der Waals surface area contributed by atoms with Crippen LogP contribution in [0.25, 0.3) is 0 Å². The molecule has 1 aliphatic heterocycles. The van der Waals surface area contributed by atoms with Crippen molar-refractivity contribution in [2.75, 3.05) is 6.61 Å². The summed E-state index contributed by atoms with van der Waals surface area (Å²) in [5.41, 5.74) is 1.14. The molecule has 0 bridgehead atoms. The summed E-state index contributed by atoms with van der Waals surface area (Å²) >= 11 is 0. The van der Waals surface area contributed by atoms with E-state index >= 15 is 0 Å². The third-order valence-corrected chi connectivity index (χ3v) is 2.54. The Morgan fingerprint density at radius 3 is 2.82 bits per heavy atom. The highest BCUT2D eigenvalue weighted by molar-refractivity contribution is 5.62. The van der Waals surface area contributed by atoms with Crippen LogP contribution in [0.4, 0.5) is 4.39 Å². The number of aliphatic hydroxyl groups is 1. The highest BCUT2D eigenvalue weighted by Gasteiger charge is 2.19. The van der Waals surface area contributed by atoms with Gasteiger partial charge < -0.3 is 5.11 Å². The van der Waals surface area contributed by atoms with Gasteiger partial charge in [-0.25, -0.2) is 14.7 Å². The van der Waals surface area contributed by atoms with Crippen LogP contribution in [0.5, 0.6) is 0 Å². The number of benzene rings is 1. The Bertz CT molecular complexity index is 531. The van der Waals surface area contributed by atoms with Crippen molar-refractivity contribution < 1.29 is 9.50 Å². The highest BCUT2D eigenvalue weighted by atomic mass is 19.1. The predicted octanol–water partition coefficient (Wildman–Crippen LogP) is 1.26. The summed E-state index contributed by atoms with van der Waals surface area (Å²) in [7, 11) is 0. The van der Waals surface area contributed by atoms with E-state index in [1.54, 1.807) is 12.1 Å². The zero-order valence-corrected chi connectivity index (χ0v) is 8.84. The van der Waals surface area contributed by atoms with E-state index < -0.39 is 11.7 Å². The number of nitrogens with zero attached hydrogens (tertiary/aromatic N) is 3. The fourth-order valence-electron chi connectivity index (χ4n) is 1.63. The lowest BCUT2D eigenvalue weighted by molar-refractivity contribution is 0.277. The molecule has 0 saturated carbocycles. The van der Waals surface area contributed by atoms with Gasteiger partial charge >= 0.3 is 0 Å². The van der Waals surface area contributed by atoms with E-state index in [9.17, 15) is 9.50 Å². The number of hydrogen-bond acceptors (Lipinski definition) is 3. The molecular formula is C12H9FN3O. The predicted molar refractivity (Wildman–Crippen MR) is 59.7 cm³/mol. The first-order chi connectivity index (χ1) is 8.26. The maximum absolute atomic E-state index is 13.4. The van der Waals surface area contributed by atoms with Crippen LogP contribution in [0.1, 0.15) is 17.0 Å². The van der Waals surface area contributed by atoms with Gasteiger partial charge in [0.15, 0.2) is 0 Å². The van der Waals surface area contributed by atoms with Gasteiger partial charge in [0, 0.05) is 0 Å². The molecule has 0 spiro atoms. The van der Waals surface area contributed by atoms with Gasteiger partial charge in [-0.2, -0.15) is 5.26 Å². The molecule has 5 heteroatoms. The van der Waals surface area contributed by atoms with Gasteiger partial charge in [-0.15, -0.1) is 0 Å². The average molecular weight is 230 g/mol. The second kappa shape index (κ2) is 4.76. The largest absolute Gasteiger partial charge is 0.395 e. The summed E-state index contributed by atoms with van der Waals surface area (Å²) in [5, 5.41) is 21.9. The molecule has 0 fully saturated rings. The topological polar surface area (TPSA) is 70.5 Å². The molecule has 1 heterocycles. The Labute approximate surface area is 97.7 Å². The molecule has 1 N–H and O–H groups in total. The fourth-order valence-corrected chi connectivity index (χ4v) is 1.63. The molecule has 0 aromatic heterocycles. The van der Waals surface area contributed by atoms with Gasteiger partial charge in [-0.3, -0.25) is 0 Å². The fraction of sp³-hybridized carbons (Fsp3) is 0.167. The summed E-state index contributed by atoms with van der Waals surface area (Å²) in [6.45, 7) is -0.190. The van der Waals surface area contributed by atoms with Gasteiger partial charge in [-0.1, -0.05) is 6.07 Å². The number of halogens is 1. The zero-order chi connectivity index (χ0) is 12.3. The van der Waals surface area contributed by atoms with Crippen molar-refractivity contribution in [2.45, 2.75) is 5.92 Å². The van der Waals surface area contributed by atoms with Crippen molar-refractivity contribution >= 4 is 6.34 Å². The lowest BCUT2D eigenvalue weighted by Crippen LogP contribution is -2.13. The van der Waals surface area contributed by atoms with Crippen LogP contribution in [0, 0.1) is 17.1 Å². The van der Waals surface area contributed by atoms with E-state index in [2.05, 4.69) is 10.3 Å². The van der Waals surface area contributed by atoms with Crippen molar-refractivity contribution in [3.63, 3.8) is 0 Å². The van der Waals surface area contributed by atoms with Crippen LogP contribution in [0.2, 0.25) is 0 Å². The molecule has 0 saturated heterocycles. The average Bonchev–Trinajstić information content (AvgIpc) is 2.84. The third-order valence-electron chi connectivity index (χ3n) is 2.54. The lowest BCUT2D eigenvalue weighted by Gasteiger charge is -2.14. The normalized spacial score (nSPS) is 15.0. The first-order valence-electron chi connectivity index (χ1n) is 4.99. The minimum absolute atomic E-state index is 0.0148. The molecule has 0 aliphatic carbocycles. The second-order valence-electron chi connectivity index (χ2n) is 3.53. The van der Waals surface area contributed by atoms with E-state index in [1.807, 2.05) is 0 Å². The molecule has 1 aromatic carbocycles. The first-order valence-corrected chi connectivity index (χ1v) is 4.99. The number of aliphatic imine (C=N–C) groups is 1. The van der Waals surface area contributed by atoms with Gasteiger partial charge in [0.1, 0.15) is 18.2 Å². The zero-order valence-electron chi connectivity index (χ0n) is 8.84. The SMILES string of the molecule is N#Cc1ccc(C(CO)C2=CN=C[N]2)cc1F. The van der Waals surface area contributed by atoms with Crippen LogP contribution >= 0.6 is 0 Å². The maximum Gasteiger partial charge on any atom is 0.141 e. The van der Waals surface area contributed by atoms with Crippen molar-refractivity contribution in [3.05, 3.63) is 47.0 Å². The molecule has 1 aliphatic rings. The quantitative estimate of drug-likeness (QED) is 0.849. The molecule has 1 radical (unpaired) electrons. The Hall–Kier alpha value is -2.19. The Morgan fingerprint density at radius 2 is 2.29 bits per heavy atom. The smallest absolute Gasteiger partial charge is 0.141 e. The van der Waals surface area contributed by atoms with Gasteiger partial charge in [-0.05, 0) is 17.7 Å². The molecule has 85 valence electrons. The third kappa shape index (κ3) is 2.17. The van der Waals surface area contributed by atoms with E-state index in [-0.39, 0.29) is 12.2 Å². The van der Waals surface area contributed by atoms with Gasteiger partial charge in [0.25, 0.3) is 0 Å². The molecular weight excluding hydrogens is 221 g/mol. The highest BCUT2D eigenvalue weighted by Crippen LogP contribution is 2.25. The van der Waals surface area contributed by atoms with E-state index in [0.717, 1.165) is 0 Å². The van der Waals surface area contributed by atoms with Crippen LogP contribution in [-0.4, -0.2) is 18.1 Å². The molecule has 1 atom stereocenters. The first kappa shape index (κ1) is 11.3. The van der Waals surface area contributed by atoms with Gasteiger partial charge in [0.05, 0.1) is 30.0 Å². The molecule has 1 aromatic rings. The molecule has 4 nitrogen and oxygen atoms in total. The number of aliphatic hydroxyl groups excluding tert-OH is 1. The number of rotatable bonds is 3. The van der Waals surface area contributed by atoms with Gasteiger partial charge in [0.2, 0.25) is 0 Å². The molecule has 17 heavy (non-hydrogen) atoms. The van der Waals surface area contributed by atoms with Crippen LogP contribution in [-0.2, 0) is 0 Å². The van der Waals surface area contributed by atoms with Crippen LogP contribution in [0.3, 0.4) is 0 Å². The summed E-state index contributed by atoms with van der Waals surface area (Å²) in [4.78, 5) is 3.80. The Morgan fingerprint density at radius 1 is 1.47 bits per heavy atom. The van der Waals surface area contributed by atoms with E-state index in [4.69, 9.17) is 5.26 Å². The van der Waals surface area contributed by atoms with E-state index in [1.165, 1.54) is 24.7 Å². The Kier molecular flexibility index (Phi) is 3.17. The Balaban J connectivity index is 2.32. The number of nitriles is 1. The van der Waals surface area contributed by atoms with Crippen LogP contribution < -0.4 is 5.32 Å². The maximum atomic E-state index is 13.4. The van der Waals surface area contributed by atoms with Crippen LogP contribution in [0.15, 0.2) is 35.1 Å². The second-order valence-corrected chi connectivity index (χ2v) is 3.53. The number of hydrogen-bond donors (Lipinski definition) is 1. The standard InChI is InChI=1S/C12H9FN3O/c13-11-3-8(1-2-9(11)4-14)10(6-17)12-5-15-7-16-12/h1-3,5,7,10,17H,6H2. The van der Waals surface area contributed by atoms with Crippen molar-refractivity contribution in [1.29, 1.82) is 5.26 Å². The molecule has 0 amide bonds. The van der Waals surface area contributed by atoms with Crippen molar-refractivity contribution in [1.82, 2.24) is 5.32 Å². The minimum Gasteiger partial charge on any atom is -0.395 e.